The summed E-state index contributed by atoms with van der Waals surface area (Å²) >= 11 is 0. The van der Waals surface area contributed by atoms with Gasteiger partial charge in [0.1, 0.15) is 11.4 Å². The average molecular weight is 420 g/mol. The Balaban J connectivity index is 1.64. The van der Waals surface area contributed by atoms with Crippen molar-refractivity contribution in [3.63, 3.8) is 0 Å². The van der Waals surface area contributed by atoms with Crippen LogP contribution in [0.15, 0.2) is 42.5 Å². The van der Waals surface area contributed by atoms with E-state index in [9.17, 15) is 9.59 Å². The lowest BCUT2D eigenvalue weighted by molar-refractivity contribution is -0.110. The maximum Gasteiger partial charge on any atom is 0.260 e. The van der Waals surface area contributed by atoms with Gasteiger partial charge in [0.15, 0.2) is 0 Å². The number of hydrogen-bond donors (Lipinski definition) is 2. The first-order valence-electron chi connectivity index (χ1n) is 10.8. The number of rotatable bonds is 6. The summed E-state index contributed by atoms with van der Waals surface area (Å²) in [6, 6.07) is 13.2. The van der Waals surface area contributed by atoms with Crippen molar-refractivity contribution in [2.75, 3.05) is 31.5 Å². The number of nitrogens with one attached hydrogen (secondary N) is 2. The van der Waals surface area contributed by atoms with Crippen LogP contribution >= 0.6 is 0 Å². The molecule has 0 spiro atoms. The Morgan fingerprint density at radius 2 is 1.84 bits per heavy atom. The Kier molecular flexibility index (Phi) is 5.58. The zero-order valence-corrected chi connectivity index (χ0v) is 18.5. The molecule has 31 heavy (non-hydrogen) atoms. The van der Waals surface area contributed by atoms with Gasteiger partial charge in [-0.3, -0.25) is 9.59 Å². The Hall–Kier alpha value is -3.12. The molecule has 0 radical (unpaired) electrons. The monoisotopic (exact) mass is 419 g/mol. The summed E-state index contributed by atoms with van der Waals surface area (Å²) in [5.74, 6) is 0.296. The van der Waals surface area contributed by atoms with E-state index < -0.39 is 5.60 Å². The van der Waals surface area contributed by atoms with Crippen LogP contribution in [0.2, 0.25) is 0 Å². The van der Waals surface area contributed by atoms with E-state index in [1.807, 2.05) is 50.2 Å². The molecule has 0 saturated carbocycles. The van der Waals surface area contributed by atoms with E-state index in [-0.39, 0.29) is 11.8 Å². The minimum atomic E-state index is -0.646. The quantitative estimate of drug-likeness (QED) is 0.698. The third-order valence-corrected chi connectivity index (χ3v) is 6.04. The molecule has 6 heteroatoms. The molecule has 2 heterocycles. The van der Waals surface area contributed by atoms with E-state index >= 15 is 0 Å². The maximum atomic E-state index is 12.7. The third-order valence-electron chi connectivity index (χ3n) is 6.04. The fourth-order valence-electron chi connectivity index (χ4n) is 4.24. The molecule has 0 aliphatic carbocycles. The molecule has 4 rings (SSSR count). The number of para-hydroxylation sites is 1. The van der Waals surface area contributed by atoms with Crippen LogP contribution < -0.4 is 10.6 Å². The van der Waals surface area contributed by atoms with Gasteiger partial charge in [-0.1, -0.05) is 38.1 Å². The summed E-state index contributed by atoms with van der Waals surface area (Å²) in [7, 11) is 0. The minimum Gasteiger partial charge on any atom is -0.482 e. The largest absolute Gasteiger partial charge is 0.482 e. The van der Waals surface area contributed by atoms with Crippen LogP contribution in [0.5, 0.6) is 0 Å². The number of ether oxygens (including phenoxy) is 1. The van der Waals surface area contributed by atoms with Crippen LogP contribution in [0.3, 0.4) is 0 Å². The van der Waals surface area contributed by atoms with Crippen LogP contribution in [0.4, 0.5) is 5.69 Å². The number of hydrogen-bond acceptors (Lipinski definition) is 4. The molecule has 0 atom stereocenters. The molecule has 0 bridgehead atoms. The van der Waals surface area contributed by atoms with Gasteiger partial charge in [0.05, 0.1) is 5.57 Å². The van der Waals surface area contributed by atoms with Crippen molar-refractivity contribution in [2.24, 2.45) is 0 Å². The van der Waals surface area contributed by atoms with E-state index in [1.54, 1.807) is 6.07 Å². The summed E-state index contributed by atoms with van der Waals surface area (Å²) in [5, 5.41) is 5.91. The van der Waals surface area contributed by atoms with Gasteiger partial charge in [-0.2, -0.15) is 0 Å². The van der Waals surface area contributed by atoms with E-state index in [2.05, 4.69) is 29.4 Å². The van der Waals surface area contributed by atoms with E-state index in [0.717, 1.165) is 42.0 Å². The van der Waals surface area contributed by atoms with Crippen molar-refractivity contribution in [2.45, 2.75) is 33.3 Å². The molecular weight excluding hydrogens is 390 g/mol. The Bertz CT molecular complexity index is 1070. The predicted octanol–water partition coefficient (Wildman–Crippen LogP) is 3.84. The van der Waals surface area contributed by atoms with Crippen molar-refractivity contribution in [1.82, 2.24) is 10.2 Å². The van der Waals surface area contributed by atoms with Gasteiger partial charge in [-0.25, -0.2) is 0 Å². The van der Waals surface area contributed by atoms with E-state index in [4.69, 9.17) is 4.74 Å². The zero-order valence-electron chi connectivity index (χ0n) is 18.5. The molecule has 0 unspecified atom stereocenters. The highest BCUT2D eigenvalue weighted by molar-refractivity contribution is 6.36. The van der Waals surface area contributed by atoms with Gasteiger partial charge in [-0.15, -0.1) is 0 Å². The number of carbonyl (C=O) groups is 2. The number of carbonyl (C=O) groups excluding carboxylic acids is 2. The van der Waals surface area contributed by atoms with Gasteiger partial charge >= 0.3 is 0 Å². The van der Waals surface area contributed by atoms with E-state index in [1.165, 1.54) is 0 Å². The minimum absolute atomic E-state index is 0.101. The Morgan fingerprint density at radius 3 is 2.58 bits per heavy atom. The fourth-order valence-corrected chi connectivity index (χ4v) is 4.24. The highest BCUT2D eigenvalue weighted by Gasteiger charge is 2.40. The Morgan fingerprint density at radius 1 is 1.10 bits per heavy atom. The Labute approximate surface area is 183 Å². The SMILES string of the molecule is CCN(CC)CCNC(=O)c1ccc2c(c1)C(C)(C)OC2=C1C(=O)Nc2ccccc21. The summed E-state index contributed by atoms with van der Waals surface area (Å²) in [4.78, 5) is 27.7. The number of anilines is 1. The topological polar surface area (TPSA) is 70.7 Å². The summed E-state index contributed by atoms with van der Waals surface area (Å²) in [6.07, 6.45) is 0. The van der Waals surface area contributed by atoms with Gasteiger partial charge < -0.3 is 20.3 Å². The van der Waals surface area contributed by atoms with Gasteiger partial charge in [0.25, 0.3) is 11.8 Å². The van der Waals surface area contributed by atoms with Crippen molar-refractivity contribution in [3.8, 4) is 0 Å². The molecular formula is C25H29N3O3. The van der Waals surface area contributed by atoms with Crippen molar-refractivity contribution in [3.05, 3.63) is 64.7 Å². The lowest BCUT2D eigenvalue weighted by Crippen LogP contribution is -2.34. The molecule has 0 fully saturated rings. The summed E-state index contributed by atoms with van der Waals surface area (Å²) < 4.78 is 6.29. The molecule has 2 aliphatic heterocycles. The fraction of sp³-hybridized carbons (Fsp3) is 0.360. The zero-order chi connectivity index (χ0) is 22.2. The predicted molar refractivity (Wildman–Crippen MR) is 123 cm³/mol. The van der Waals surface area contributed by atoms with Gasteiger partial charge in [0, 0.05) is 41.0 Å². The number of nitrogens with zero attached hydrogens (tertiary/aromatic N) is 1. The number of likely N-dealkylation sites (N-methyl/N-ethyl adjacent to an activating group) is 1. The molecule has 2 N–H and O–H groups in total. The number of fused-ring (bicyclic) bond motifs is 2. The lowest BCUT2D eigenvalue weighted by atomic mass is 9.92. The lowest BCUT2D eigenvalue weighted by Gasteiger charge is -2.20. The first-order chi connectivity index (χ1) is 14.9. The second-order valence-corrected chi connectivity index (χ2v) is 8.36. The number of benzene rings is 2. The molecule has 2 amide bonds. The average Bonchev–Trinajstić information content (AvgIpc) is 3.23. The van der Waals surface area contributed by atoms with Crippen LogP contribution in [-0.2, 0) is 15.1 Å². The van der Waals surface area contributed by atoms with Crippen LogP contribution in [0, 0.1) is 0 Å². The molecule has 0 aromatic heterocycles. The van der Waals surface area contributed by atoms with E-state index in [0.29, 0.717) is 23.4 Å². The van der Waals surface area contributed by atoms with Gasteiger partial charge in [0.2, 0.25) is 0 Å². The molecule has 0 saturated heterocycles. The standard InChI is InChI=1S/C25H29N3O3/c1-5-28(6-2)14-13-26-23(29)16-11-12-17-19(15-16)25(3,4)31-22(17)21-18-9-7-8-10-20(18)27-24(21)30/h7-12,15H,5-6,13-14H2,1-4H3,(H,26,29)(H,27,30). The van der Waals surface area contributed by atoms with Gasteiger partial charge in [-0.05, 0) is 45.1 Å². The third kappa shape index (κ3) is 3.83. The molecule has 2 aromatic rings. The molecule has 2 aliphatic rings. The van der Waals surface area contributed by atoms with Crippen LogP contribution in [0.25, 0.3) is 11.3 Å². The molecule has 6 nitrogen and oxygen atoms in total. The number of amides is 2. The van der Waals surface area contributed by atoms with Crippen molar-refractivity contribution >= 4 is 28.8 Å². The second kappa shape index (κ2) is 8.19. The normalized spacial score (nSPS) is 18.4. The van der Waals surface area contributed by atoms with Crippen molar-refractivity contribution in [1.29, 1.82) is 0 Å². The summed E-state index contributed by atoms with van der Waals surface area (Å²) in [6.45, 7) is 11.5. The van der Waals surface area contributed by atoms with Crippen LogP contribution in [0.1, 0.15) is 54.7 Å². The molecule has 162 valence electrons. The van der Waals surface area contributed by atoms with Crippen LogP contribution in [-0.4, -0.2) is 42.9 Å². The first-order valence-corrected chi connectivity index (χ1v) is 10.8. The maximum absolute atomic E-state index is 12.7. The smallest absolute Gasteiger partial charge is 0.260 e. The van der Waals surface area contributed by atoms with Crippen molar-refractivity contribution < 1.29 is 14.3 Å². The second-order valence-electron chi connectivity index (χ2n) is 8.36. The highest BCUT2D eigenvalue weighted by Crippen LogP contribution is 2.48. The first kappa shape index (κ1) is 21.1. The highest BCUT2D eigenvalue weighted by atomic mass is 16.5. The summed E-state index contributed by atoms with van der Waals surface area (Å²) in [5.41, 5.74) is 3.87. The molecule has 2 aromatic carbocycles.